The van der Waals surface area contributed by atoms with Crippen molar-refractivity contribution in [3.8, 4) is 0 Å². The van der Waals surface area contributed by atoms with Crippen LogP contribution in [0.15, 0.2) is 66.2 Å². The smallest absolute Gasteiger partial charge is 0.217 e. The molecule has 0 heterocycles. The van der Waals surface area contributed by atoms with Gasteiger partial charge in [0.25, 0.3) is 0 Å². The van der Waals surface area contributed by atoms with E-state index < -0.39 is 0 Å². The van der Waals surface area contributed by atoms with Gasteiger partial charge < -0.3 is 5.32 Å². The molecule has 1 fully saturated rings. The second kappa shape index (κ2) is 7.28. The van der Waals surface area contributed by atoms with Gasteiger partial charge in [-0.1, -0.05) is 66.2 Å². The van der Waals surface area contributed by atoms with E-state index in [0.29, 0.717) is 6.04 Å². The highest BCUT2D eigenvalue weighted by atomic mass is 16.1. The standard InChI is InChI=1S/C21H23NO/c1-16(23)22-20-14-12-19(13-15-20)21(17-8-4-2-5-9-17)18-10-6-3-7-11-18/h2-11,20H,12-15H2,1H3,(H,22,23). The number of carbonyl (C=O) groups is 1. The number of hydrogen-bond donors (Lipinski definition) is 1. The van der Waals surface area contributed by atoms with Crippen LogP contribution < -0.4 is 5.32 Å². The van der Waals surface area contributed by atoms with Crippen molar-refractivity contribution in [3.63, 3.8) is 0 Å². The topological polar surface area (TPSA) is 29.1 Å². The number of nitrogens with one attached hydrogen (secondary N) is 1. The Morgan fingerprint density at radius 1 is 0.870 bits per heavy atom. The maximum atomic E-state index is 11.2. The first kappa shape index (κ1) is 15.5. The molecule has 1 aliphatic rings. The minimum absolute atomic E-state index is 0.0776. The van der Waals surface area contributed by atoms with E-state index in [4.69, 9.17) is 0 Å². The molecule has 0 atom stereocenters. The summed E-state index contributed by atoms with van der Waals surface area (Å²) in [6.07, 6.45) is 4.14. The third-order valence-electron chi connectivity index (χ3n) is 4.48. The van der Waals surface area contributed by atoms with Crippen molar-refractivity contribution in [3.05, 3.63) is 77.4 Å². The van der Waals surface area contributed by atoms with Crippen molar-refractivity contribution >= 4 is 11.5 Å². The first-order chi connectivity index (χ1) is 11.2. The summed E-state index contributed by atoms with van der Waals surface area (Å²) in [5, 5.41) is 3.06. The lowest BCUT2D eigenvalue weighted by Gasteiger charge is -2.27. The Balaban J connectivity index is 1.92. The van der Waals surface area contributed by atoms with Crippen LogP contribution in [0, 0.1) is 0 Å². The van der Waals surface area contributed by atoms with Crippen LogP contribution in [0.1, 0.15) is 43.7 Å². The fourth-order valence-electron chi connectivity index (χ4n) is 3.43. The van der Waals surface area contributed by atoms with Crippen molar-refractivity contribution < 1.29 is 4.79 Å². The van der Waals surface area contributed by atoms with E-state index in [1.165, 1.54) is 22.3 Å². The summed E-state index contributed by atoms with van der Waals surface area (Å²) in [5.74, 6) is 0.0776. The van der Waals surface area contributed by atoms with Crippen LogP contribution in [0.2, 0.25) is 0 Å². The predicted molar refractivity (Wildman–Crippen MR) is 95.0 cm³/mol. The fraction of sp³-hybridized carbons (Fsp3) is 0.286. The SMILES string of the molecule is CC(=O)NC1CCC(=C(c2ccccc2)c2ccccc2)CC1. The molecule has 2 heteroatoms. The van der Waals surface area contributed by atoms with E-state index in [1.807, 2.05) is 0 Å². The third kappa shape index (κ3) is 3.89. The van der Waals surface area contributed by atoms with Gasteiger partial charge in [-0.25, -0.2) is 0 Å². The van der Waals surface area contributed by atoms with E-state index in [2.05, 4.69) is 66.0 Å². The molecule has 1 aliphatic carbocycles. The van der Waals surface area contributed by atoms with Gasteiger partial charge in [0.05, 0.1) is 0 Å². The lowest BCUT2D eigenvalue weighted by atomic mass is 9.83. The average Bonchev–Trinajstić information content (AvgIpc) is 2.58. The van der Waals surface area contributed by atoms with Gasteiger partial charge in [0, 0.05) is 13.0 Å². The van der Waals surface area contributed by atoms with Crippen molar-refractivity contribution in [2.75, 3.05) is 0 Å². The number of allylic oxidation sites excluding steroid dienone is 1. The summed E-state index contributed by atoms with van der Waals surface area (Å²) in [6, 6.07) is 21.6. The highest BCUT2D eigenvalue weighted by molar-refractivity contribution is 5.82. The van der Waals surface area contributed by atoms with Crippen LogP contribution in [0.5, 0.6) is 0 Å². The maximum absolute atomic E-state index is 11.2. The molecule has 1 saturated carbocycles. The summed E-state index contributed by atoms with van der Waals surface area (Å²) in [4.78, 5) is 11.2. The zero-order valence-corrected chi connectivity index (χ0v) is 13.6. The molecule has 2 nitrogen and oxygen atoms in total. The van der Waals surface area contributed by atoms with Gasteiger partial charge >= 0.3 is 0 Å². The number of hydrogen-bond acceptors (Lipinski definition) is 1. The summed E-state index contributed by atoms with van der Waals surface area (Å²) < 4.78 is 0. The number of carbonyl (C=O) groups excluding carboxylic acids is 1. The lowest BCUT2D eigenvalue weighted by Crippen LogP contribution is -2.35. The largest absolute Gasteiger partial charge is 0.354 e. The molecule has 2 aromatic carbocycles. The zero-order valence-electron chi connectivity index (χ0n) is 13.6. The van der Waals surface area contributed by atoms with E-state index in [-0.39, 0.29) is 5.91 Å². The van der Waals surface area contributed by atoms with E-state index in [9.17, 15) is 4.79 Å². The first-order valence-electron chi connectivity index (χ1n) is 8.34. The van der Waals surface area contributed by atoms with Crippen molar-refractivity contribution in [1.29, 1.82) is 0 Å². The third-order valence-corrected chi connectivity index (χ3v) is 4.48. The Morgan fingerprint density at radius 3 is 1.78 bits per heavy atom. The first-order valence-corrected chi connectivity index (χ1v) is 8.34. The number of amides is 1. The summed E-state index contributed by atoms with van der Waals surface area (Å²) in [5.41, 5.74) is 5.44. The summed E-state index contributed by atoms with van der Waals surface area (Å²) >= 11 is 0. The van der Waals surface area contributed by atoms with Crippen LogP contribution in [0.3, 0.4) is 0 Å². The average molecular weight is 305 g/mol. The minimum atomic E-state index is 0.0776. The van der Waals surface area contributed by atoms with Crippen molar-refractivity contribution in [2.24, 2.45) is 0 Å². The van der Waals surface area contributed by atoms with Gasteiger partial charge in [0.15, 0.2) is 0 Å². The van der Waals surface area contributed by atoms with Gasteiger partial charge in [-0.15, -0.1) is 0 Å². The number of benzene rings is 2. The van der Waals surface area contributed by atoms with Gasteiger partial charge in [0.1, 0.15) is 0 Å². The Labute approximate surface area is 138 Å². The maximum Gasteiger partial charge on any atom is 0.217 e. The fourth-order valence-corrected chi connectivity index (χ4v) is 3.43. The Hall–Kier alpha value is -2.35. The highest BCUT2D eigenvalue weighted by Crippen LogP contribution is 2.34. The van der Waals surface area contributed by atoms with Crippen molar-refractivity contribution in [1.82, 2.24) is 5.32 Å². The highest BCUT2D eigenvalue weighted by Gasteiger charge is 2.20. The minimum Gasteiger partial charge on any atom is -0.354 e. The number of rotatable bonds is 3. The van der Waals surface area contributed by atoms with Crippen LogP contribution in [0.4, 0.5) is 0 Å². The molecule has 3 rings (SSSR count). The monoisotopic (exact) mass is 305 g/mol. The Kier molecular flexibility index (Phi) is 4.92. The molecule has 0 saturated heterocycles. The van der Waals surface area contributed by atoms with Gasteiger partial charge in [-0.2, -0.15) is 0 Å². The molecule has 0 spiro atoms. The second-order valence-electron chi connectivity index (χ2n) is 6.19. The van der Waals surface area contributed by atoms with Crippen LogP contribution in [-0.4, -0.2) is 11.9 Å². The van der Waals surface area contributed by atoms with Crippen LogP contribution >= 0.6 is 0 Å². The summed E-state index contributed by atoms with van der Waals surface area (Å²) in [6.45, 7) is 1.60. The molecule has 1 N–H and O–H groups in total. The molecule has 0 unspecified atom stereocenters. The van der Waals surface area contributed by atoms with E-state index in [1.54, 1.807) is 6.92 Å². The zero-order chi connectivity index (χ0) is 16.1. The molecular weight excluding hydrogens is 282 g/mol. The van der Waals surface area contributed by atoms with Gasteiger partial charge in [-0.3, -0.25) is 4.79 Å². The molecule has 23 heavy (non-hydrogen) atoms. The molecule has 0 radical (unpaired) electrons. The molecule has 2 aromatic rings. The molecule has 0 aromatic heterocycles. The molecule has 0 bridgehead atoms. The Bertz CT molecular complexity index is 637. The Morgan fingerprint density at radius 2 is 1.35 bits per heavy atom. The second-order valence-corrected chi connectivity index (χ2v) is 6.19. The molecular formula is C21H23NO. The van der Waals surface area contributed by atoms with Gasteiger partial charge in [0.2, 0.25) is 5.91 Å². The van der Waals surface area contributed by atoms with Gasteiger partial charge in [-0.05, 0) is 42.4 Å². The van der Waals surface area contributed by atoms with Crippen molar-refractivity contribution in [2.45, 2.75) is 38.6 Å². The summed E-state index contributed by atoms with van der Waals surface area (Å²) in [7, 11) is 0. The predicted octanol–water partition coefficient (Wildman–Crippen LogP) is 4.57. The van der Waals surface area contributed by atoms with Crippen LogP contribution in [0.25, 0.3) is 5.57 Å². The quantitative estimate of drug-likeness (QED) is 0.884. The molecule has 118 valence electrons. The van der Waals surface area contributed by atoms with E-state index in [0.717, 1.165) is 25.7 Å². The normalized spacial score (nSPS) is 17.6. The lowest BCUT2D eigenvalue weighted by molar-refractivity contribution is -0.119. The van der Waals surface area contributed by atoms with E-state index >= 15 is 0 Å². The molecule has 0 aliphatic heterocycles. The molecule has 1 amide bonds. The van der Waals surface area contributed by atoms with Crippen LogP contribution in [-0.2, 0) is 4.79 Å².